The Morgan fingerprint density at radius 3 is 2.67 bits per heavy atom. The standard InChI is InChI=1S/C26H31F3N4O5S/c1-15(18-7-6-8-20(24(18)27)26(3,28)29)30-25-19-11-23(22(36-4)12-21(19)31-16(2)32-25)38-14-17-13-33(9-10-37-17)39(5,34)35/h6-8,11-12,15,17H,9-10,13-14H2,1-5H3,(H,30,31,32)/t15-,17+/m1/s1. The average molecular weight is 569 g/mol. The maximum atomic E-state index is 15.0. The van der Waals surface area contributed by atoms with Gasteiger partial charge in [-0.2, -0.15) is 4.31 Å². The highest BCUT2D eigenvalue weighted by molar-refractivity contribution is 7.88. The van der Waals surface area contributed by atoms with E-state index in [4.69, 9.17) is 14.2 Å². The highest BCUT2D eigenvalue weighted by Crippen LogP contribution is 2.37. The Morgan fingerprint density at radius 2 is 2.00 bits per heavy atom. The van der Waals surface area contributed by atoms with E-state index < -0.39 is 39.5 Å². The van der Waals surface area contributed by atoms with E-state index in [1.807, 2.05) is 0 Å². The number of sulfonamides is 1. The molecule has 2 aromatic carbocycles. The van der Waals surface area contributed by atoms with Crippen LogP contribution in [0.25, 0.3) is 10.9 Å². The zero-order chi connectivity index (χ0) is 28.5. The van der Waals surface area contributed by atoms with Crippen molar-refractivity contribution in [1.29, 1.82) is 0 Å². The molecule has 13 heteroatoms. The van der Waals surface area contributed by atoms with Crippen molar-refractivity contribution in [2.75, 3.05) is 45.0 Å². The van der Waals surface area contributed by atoms with E-state index in [-0.39, 0.29) is 31.9 Å². The molecule has 1 aliphatic rings. The van der Waals surface area contributed by atoms with Gasteiger partial charge >= 0.3 is 0 Å². The van der Waals surface area contributed by atoms with Crippen molar-refractivity contribution in [2.45, 2.75) is 38.8 Å². The average Bonchev–Trinajstić information content (AvgIpc) is 2.86. The van der Waals surface area contributed by atoms with Crippen LogP contribution in [-0.2, 0) is 20.7 Å². The van der Waals surface area contributed by atoms with Gasteiger partial charge in [-0.05, 0) is 19.9 Å². The van der Waals surface area contributed by atoms with Gasteiger partial charge in [0.05, 0.1) is 37.1 Å². The van der Waals surface area contributed by atoms with Crippen LogP contribution in [0.4, 0.5) is 19.0 Å². The first-order valence-electron chi connectivity index (χ1n) is 12.3. The number of methoxy groups -OCH3 is 1. The minimum atomic E-state index is -3.36. The lowest BCUT2D eigenvalue weighted by molar-refractivity contribution is -0.0251. The van der Waals surface area contributed by atoms with Crippen molar-refractivity contribution in [3.8, 4) is 11.5 Å². The van der Waals surface area contributed by atoms with Crippen molar-refractivity contribution in [2.24, 2.45) is 0 Å². The summed E-state index contributed by atoms with van der Waals surface area (Å²) in [7, 11) is -1.88. The molecule has 9 nitrogen and oxygen atoms in total. The largest absolute Gasteiger partial charge is 0.493 e. The predicted molar refractivity (Wildman–Crippen MR) is 140 cm³/mol. The van der Waals surface area contributed by atoms with Crippen molar-refractivity contribution in [1.82, 2.24) is 14.3 Å². The number of hydrogen-bond donors (Lipinski definition) is 1. The molecule has 1 N–H and O–H groups in total. The molecule has 0 aliphatic carbocycles. The molecule has 2 atom stereocenters. The molecule has 0 radical (unpaired) electrons. The Hall–Kier alpha value is -3.16. The molecule has 212 valence electrons. The molecule has 1 fully saturated rings. The zero-order valence-corrected chi connectivity index (χ0v) is 23.1. The van der Waals surface area contributed by atoms with Gasteiger partial charge in [0.15, 0.2) is 11.5 Å². The third-order valence-electron chi connectivity index (χ3n) is 6.41. The van der Waals surface area contributed by atoms with E-state index in [2.05, 4.69) is 15.3 Å². The third kappa shape index (κ3) is 6.53. The normalized spacial score (nSPS) is 17.7. The maximum Gasteiger partial charge on any atom is 0.273 e. The summed E-state index contributed by atoms with van der Waals surface area (Å²) >= 11 is 0. The van der Waals surface area contributed by atoms with E-state index in [9.17, 15) is 17.2 Å². The first-order valence-corrected chi connectivity index (χ1v) is 14.1. The number of rotatable bonds is 9. The van der Waals surface area contributed by atoms with Crippen LogP contribution in [0.15, 0.2) is 30.3 Å². The number of benzene rings is 2. The zero-order valence-electron chi connectivity index (χ0n) is 22.3. The summed E-state index contributed by atoms with van der Waals surface area (Å²) in [5, 5.41) is 3.65. The van der Waals surface area contributed by atoms with Gasteiger partial charge in [-0.1, -0.05) is 18.2 Å². The second-order valence-corrected chi connectivity index (χ2v) is 11.5. The number of hydrogen-bond acceptors (Lipinski definition) is 8. The van der Waals surface area contributed by atoms with Crippen LogP contribution in [0.5, 0.6) is 11.5 Å². The van der Waals surface area contributed by atoms with E-state index in [1.54, 1.807) is 26.0 Å². The SMILES string of the molecule is COc1cc2nc(C)nc(N[C@H](C)c3cccc(C(C)(F)F)c3F)c2cc1OC[C@@H]1CN(S(C)(=O)=O)CCO1. The molecule has 39 heavy (non-hydrogen) atoms. The second-order valence-electron chi connectivity index (χ2n) is 9.53. The molecular formula is C26H31F3N4O5S. The smallest absolute Gasteiger partial charge is 0.273 e. The summed E-state index contributed by atoms with van der Waals surface area (Å²) in [5.74, 6) is -2.81. The van der Waals surface area contributed by atoms with Gasteiger partial charge in [-0.15, -0.1) is 0 Å². The van der Waals surface area contributed by atoms with Crippen LogP contribution in [0.2, 0.25) is 0 Å². The van der Waals surface area contributed by atoms with Crippen molar-refractivity contribution < 1.29 is 35.8 Å². The van der Waals surface area contributed by atoms with Crippen LogP contribution in [0.1, 0.15) is 36.8 Å². The van der Waals surface area contributed by atoms with Gasteiger partial charge in [0, 0.05) is 37.0 Å². The number of halogens is 3. The summed E-state index contributed by atoms with van der Waals surface area (Å²) in [5.41, 5.74) is -0.0987. The summed E-state index contributed by atoms with van der Waals surface area (Å²) in [6.45, 7) is 4.73. The van der Waals surface area contributed by atoms with Gasteiger partial charge in [-0.3, -0.25) is 0 Å². The van der Waals surface area contributed by atoms with Gasteiger partial charge in [0.25, 0.3) is 5.92 Å². The number of alkyl halides is 2. The van der Waals surface area contributed by atoms with Gasteiger partial charge < -0.3 is 19.5 Å². The number of fused-ring (bicyclic) bond motifs is 1. The van der Waals surface area contributed by atoms with Crippen LogP contribution >= 0.6 is 0 Å². The number of anilines is 1. The first-order chi connectivity index (χ1) is 18.3. The van der Waals surface area contributed by atoms with Crippen LogP contribution in [0.3, 0.4) is 0 Å². The monoisotopic (exact) mass is 568 g/mol. The summed E-state index contributed by atoms with van der Waals surface area (Å²) < 4.78 is 85.2. The minimum absolute atomic E-state index is 0.0585. The second kappa shape index (κ2) is 11.1. The number of nitrogens with zero attached hydrogens (tertiary/aromatic N) is 3. The fraction of sp³-hybridized carbons (Fsp3) is 0.462. The quantitative estimate of drug-likeness (QED) is 0.405. The summed E-state index contributed by atoms with van der Waals surface area (Å²) in [6.07, 6.45) is 0.656. The first kappa shape index (κ1) is 28.8. The molecule has 0 bridgehead atoms. The van der Waals surface area contributed by atoms with Crippen molar-refractivity contribution >= 4 is 26.7 Å². The fourth-order valence-corrected chi connectivity index (χ4v) is 5.26. The Kier molecular flexibility index (Phi) is 8.24. The Balaban J connectivity index is 1.63. The molecule has 1 saturated heterocycles. The number of aromatic nitrogens is 2. The van der Waals surface area contributed by atoms with E-state index in [1.165, 1.54) is 23.5 Å². The molecule has 0 spiro atoms. The molecule has 0 unspecified atom stereocenters. The Morgan fingerprint density at radius 1 is 1.26 bits per heavy atom. The number of ether oxygens (including phenoxy) is 3. The predicted octanol–water partition coefficient (Wildman–Crippen LogP) is 4.41. The molecule has 4 rings (SSSR count). The van der Waals surface area contributed by atoms with E-state index >= 15 is 4.39 Å². The molecule has 2 heterocycles. The van der Waals surface area contributed by atoms with E-state index in [0.717, 1.165) is 12.3 Å². The molecule has 1 aliphatic heterocycles. The van der Waals surface area contributed by atoms with Crippen LogP contribution < -0.4 is 14.8 Å². The third-order valence-corrected chi connectivity index (χ3v) is 7.68. The Bertz CT molecular complexity index is 1470. The molecule has 0 saturated carbocycles. The highest BCUT2D eigenvalue weighted by Gasteiger charge is 2.31. The fourth-order valence-electron chi connectivity index (χ4n) is 4.42. The molecule has 1 aromatic heterocycles. The Labute approximate surface area is 225 Å². The molecule has 3 aromatic rings. The van der Waals surface area contributed by atoms with Gasteiger partial charge in [0.1, 0.15) is 30.2 Å². The topological polar surface area (TPSA) is 103 Å². The van der Waals surface area contributed by atoms with Gasteiger partial charge in [-0.25, -0.2) is 31.6 Å². The summed E-state index contributed by atoms with van der Waals surface area (Å²) in [6, 6.07) is 6.51. The molecule has 0 amide bonds. The van der Waals surface area contributed by atoms with E-state index in [0.29, 0.717) is 41.0 Å². The number of aryl methyl sites for hydroxylation is 1. The summed E-state index contributed by atoms with van der Waals surface area (Å²) in [4.78, 5) is 8.92. The van der Waals surface area contributed by atoms with Crippen molar-refractivity contribution in [3.63, 3.8) is 0 Å². The lowest BCUT2D eigenvalue weighted by Gasteiger charge is -2.31. The molecular weight excluding hydrogens is 537 g/mol. The highest BCUT2D eigenvalue weighted by atomic mass is 32.2. The number of morpholine rings is 1. The minimum Gasteiger partial charge on any atom is -0.493 e. The van der Waals surface area contributed by atoms with Crippen LogP contribution in [-0.4, -0.2) is 68.5 Å². The van der Waals surface area contributed by atoms with Crippen molar-refractivity contribution in [3.05, 3.63) is 53.1 Å². The van der Waals surface area contributed by atoms with Gasteiger partial charge in [0.2, 0.25) is 10.0 Å². The van der Waals surface area contributed by atoms with Crippen LogP contribution in [0, 0.1) is 12.7 Å². The number of nitrogens with one attached hydrogen (secondary N) is 1. The maximum absolute atomic E-state index is 15.0. The lowest BCUT2D eigenvalue weighted by atomic mass is 10.0. The lowest BCUT2D eigenvalue weighted by Crippen LogP contribution is -2.47.